The van der Waals surface area contributed by atoms with E-state index < -0.39 is 10.7 Å². The van der Waals surface area contributed by atoms with E-state index in [1.54, 1.807) is 7.05 Å². The second-order valence-electron chi connectivity index (χ2n) is 4.85. The number of nitrogen functional groups attached to an aromatic ring is 1. The van der Waals surface area contributed by atoms with Crippen LogP contribution in [0.15, 0.2) is 18.2 Å². The maximum atomic E-state index is 14.1. The third-order valence-electron chi connectivity index (χ3n) is 3.13. The van der Waals surface area contributed by atoms with E-state index >= 15 is 0 Å². The fraction of sp³-hybridized carbons (Fsp3) is 0.308. The van der Waals surface area contributed by atoms with Gasteiger partial charge in [-0.3, -0.25) is 14.8 Å². The molecule has 1 heterocycles. The van der Waals surface area contributed by atoms with Gasteiger partial charge < -0.3 is 5.73 Å². The molecule has 0 saturated carbocycles. The van der Waals surface area contributed by atoms with E-state index in [-0.39, 0.29) is 17.2 Å². The standard InChI is InChI=1S/C13H15FN4O2/c1-7(2)11-12(16-17(3)13(11)15)9-5-4-8(18(19)20)6-10(9)14/h4-7H,15H2,1-3H3. The zero-order valence-corrected chi connectivity index (χ0v) is 11.4. The number of nitrogens with zero attached hydrogens (tertiary/aromatic N) is 3. The molecule has 7 heteroatoms. The minimum absolute atomic E-state index is 0.0632. The van der Waals surface area contributed by atoms with Crippen LogP contribution in [-0.4, -0.2) is 14.7 Å². The molecule has 0 fully saturated rings. The summed E-state index contributed by atoms with van der Waals surface area (Å²) in [6.07, 6.45) is 0. The number of benzene rings is 1. The highest BCUT2D eigenvalue weighted by Gasteiger charge is 2.22. The lowest BCUT2D eigenvalue weighted by atomic mass is 9.98. The summed E-state index contributed by atoms with van der Waals surface area (Å²) in [6, 6.07) is 3.51. The second-order valence-corrected chi connectivity index (χ2v) is 4.85. The highest BCUT2D eigenvalue weighted by Crippen LogP contribution is 2.34. The Labute approximate surface area is 115 Å². The Morgan fingerprint density at radius 1 is 1.45 bits per heavy atom. The van der Waals surface area contributed by atoms with Crippen LogP contribution in [0.5, 0.6) is 0 Å². The van der Waals surface area contributed by atoms with Crippen LogP contribution in [0.3, 0.4) is 0 Å². The molecular formula is C13H15FN4O2. The molecule has 0 bridgehead atoms. The van der Waals surface area contributed by atoms with E-state index in [9.17, 15) is 14.5 Å². The molecule has 0 aliphatic heterocycles. The normalized spacial score (nSPS) is 11.1. The van der Waals surface area contributed by atoms with Gasteiger partial charge in [-0.25, -0.2) is 4.39 Å². The maximum Gasteiger partial charge on any atom is 0.272 e. The van der Waals surface area contributed by atoms with Crippen LogP contribution in [-0.2, 0) is 7.05 Å². The van der Waals surface area contributed by atoms with Crippen LogP contribution in [0.1, 0.15) is 25.3 Å². The third kappa shape index (κ3) is 2.22. The Morgan fingerprint density at radius 2 is 2.10 bits per heavy atom. The summed E-state index contributed by atoms with van der Waals surface area (Å²) in [4.78, 5) is 10.00. The molecule has 0 amide bonds. The topological polar surface area (TPSA) is 87.0 Å². The number of anilines is 1. The molecule has 6 nitrogen and oxygen atoms in total. The second kappa shape index (κ2) is 4.92. The first-order valence-electron chi connectivity index (χ1n) is 6.09. The highest BCUT2D eigenvalue weighted by molar-refractivity contribution is 5.70. The SMILES string of the molecule is CC(C)c1c(-c2ccc([N+](=O)[O-])cc2F)nn(C)c1N. The van der Waals surface area contributed by atoms with Gasteiger partial charge in [-0.05, 0) is 12.0 Å². The van der Waals surface area contributed by atoms with Gasteiger partial charge in [0.25, 0.3) is 5.69 Å². The van der Waals surface area contributed by atoms with Gasteiger partial charge in [0.05, 0.1) is 11.0 Å². The summed E-state index contributed by atoms with van der Waals surface area (Å²) in [5.74, 6) is -0.153. The molecule has 0 saturated heterocycles. The molecule has 2 rings (SSSR count). The molecule has 0 spiro atoms. The number of non-ortho nitro benzene ring substituents is 1. The molecule has 0 aliphatic carbocycles. The van der Waals surface area contributed by atoms with Crippen molar-refractivity contribution in [3.05, 3.63) is 39.7 Å². The number of hydrogen-bond acceptors (Lipinski definition) is 4. The van der Waals surface area contributed by atoms with Crippen molar-refractivity contribution in [3.63, 3.8) is 0 Å². The van der Waals surface area contributed by atoms with Gasteiger partial charge in [0.15, 0.2) is 0 Å². The van der Waals surface area contributed by atoms with E-state index in [0.717, 1.165) is 11.6 Å². The first-order chi connectivity index (χ1) is 9.32. The number of halogens is 1. The summed E-state index contributed by atoms with van der Waals surface area (Å²) in [5, 5.41) is 14.9. The monoisotopic (exact) mass is 278 g/mol. The Balaban J connectivity index is 2.63. The minimum atomic E-state index is -0.681. The molecule has 2 N–H and O–H groups in total. The first-order valence-corrected chi connectivity index (χ1v) is 6.09. The van der Waals surface area contributed by atoms with Crippen molar-refractivity contribution in [2.24, 2.45) is 7.05 Å². The van der Waals surface area contributed by atoms with Crippen molar-refractivity contribution in [2.45, 2.75) is 19.8 Å². The fourth-order valence-electron chi connectivity index (χ4n) is 2.13. The van der Waals surface area contributed by atoms with E-state index in [4.69, 9.17) is 5.73 Å². The van der Waals surface area contributed by atoms with Crippen LogP contribution in [0.4, 0.5) is 15.9 Å². The zero-order valence-electron chi connectivity index (χ0n) is 11.4. The molecule has 2 aromatic rings. The zero-order chi connectivity index (χ0) is 15.0. The summed E-state index contributed by atoms with van der Waals surface area (Å²) in [7, 11) is 1.67. The maximum absolute atomic E-state index is 14.1. The van der Waals surface area contributed by atoms with Gasteiger partial charge in [-0.15, -0.1) is 0 Å². The molecule has 1 aromatic heterocycles. The first kappa shape index (κ1) is 14.0. The smallest absolute Gasteiger partial charge is 0.272 e. The average Bonchev–Trinajstić information content (AvgIpc) is 2.65. The molecule has 1 aromatic carbocycles. The van der Waals surface area contributed by atoms with E-state index in [2.05, 4.69) is 5.10 Å². The Bertz CT molecular complexity index is 679. The van der Waals surface area contributed by atoms with Crippen molar-refractivity contribution >= 4 is 11.5 Å². The lowest BCUT2D eigenvalue weighted by Crippen LogP contribution is -2.00. The van der Waals surface area contributed by atoms with Gasteiger partial charge in [0.1, 0.15) is 17.3 Å². The number of aromatic nitrogens is 2. The van der Waals surface area contributed by atoms with E-state index in [1.165, 1.54) is 16.8 Å². The largest absolute Gasteiger partial charge is 0.384 e. The van der Waals surface area contributed by atoms with Crippen LogP contribution in [0, 0.1) is 15.9 Å². The van der Waals surface area contributed by atoms with Crippen molar-refractivity contribution < 1.29 is 9.31 Å². The third-order valence-corrected chi connectivity index (χ3v) is 3.13. The molecule has 106 valence electrons. The number of rotatable bonds is 3. The highest BCUT2D eigenvalue weighted by atomic mass is 19.1. The number of nitro benzene ring substituents is 1. The molecule has 0 radical (unpaired) electrons. The van der Waals surface area contributed by atoms with Crippen LogP contribution in [0.2, 0.25) is 0 Å². The number of aryl methyl sites for hydroxylation is 1. The lowest BCUT2D eigenvalue weighted by molar-refractivity contribution is -0.385. The molecular weight excluding hydrogens is 263 g/mol. The summed E-state index contributed by atoms with van der Waals surface area (Å²) in [6.45, 7) is 3.86. The van der Waals surface area contributed by atoms with Crippen LogP contribution < -0.4 is 5.73 Å². The van der Waals surface area contributed by atoms with Gasteiger partial charge in [-0.2, -0.15) is 5.10 Å². The van der Waals surface area contributed by atoms with E-state index in [1.807, 2.05) is 13.8 Å². The van der Waals surface area contributed by atoms with Gasteiger partial charge in [0.2, 0.25) is 0 Å². The Hall–Kier alpha value is -2.44. The van der Waals surface area contributed by atoms with Crippen molar-refractivity contribution in [3.8, 4) is 11.3 Å². The number of nitro groups is 1. The predicted octanol–water partition coefficient (Wildman–Crippen LogP) is 2.84. The van der Waals surface area contributed by atoms with Crippen molar-refractivity contribution in [1.29, 1.82) is 0 Å². The van der Waals surface area contributed by atoms with Gasteiger partial charge in [0, 0.05) is 24.2 Å². The predicted molar refractivity (Wildman–Crippen MR) is 73.8 cm³/mol. The molecule has 0 aliphatic rings. The minimum Gasteiger partial charge on any atom is -0.384 e. The summed E-state index contributed by atoms with van der Waals surface area (Å²) >= 11 is 0. The van der Waals surface area contributed by atoms with Crippen molar-refractivity contribution in [2.75, 3.05) is 5.73 Å². The van der Waals surface area contributed by atoms with Crippen LogP contribution >= 0.6 is 0 Å². The summed E-state index contributed by atoms with van der Waals surface area (Å²) < 4.78 is 15.6. The fourth-order valence-corrected chi connectivity index (χ4v) is 2.13. The quantitative estimate of drug-likeness (QED) is 0.690. The number of hydrogen-bond donors (Lipinski definition) is 1. The molecule has 0 unspecified atom stereocenters. The molecule has 20 heavy (non-hydrogen) atoms. The van der Waals surface area contributed by atoms with E-state index in [0.29, 0.717) is 11.5 Å². The van der Waals surface area contributed by atoms with Crippen molar-refractivity contribution in [1.82, 2.24) is 9.78 Å². The Kier molecular flexibility index (Phi) is 3.44. The summed E-state index contributed by atoms with van der Waals surface area (Å²) in [5.41, 5.74) is 7.02. The Morgan fingerprint density at radius 3 is 2.60 bits per heavy atom. The lowest BCUT2D eigenvalue weighted by Gasteiger charge is -2.07. The average molecular weight is 278 g/mol. The van der Waals surface area contributed by atoms with Gasteiger partial charge >= 0.3 is 0 Å². The van der Waals surface area contributed by atoms with Gasteiger partial charge in [-0.1, -0.05) is 13.8 Å². The van der Waals surface area contributed by atoms with Crippen LogP contribution in [0.25, 0.3) is 11.3 Å². The number of nitrogens with two attached hydrogens (primary N) is 1. The molecule has 0 atom stereocenters.